The Morgan fingerprint density at radius 3 is 2.60 bits per heavy atom. The first kappa shape index (κ1) is 20.4. The van der Waals surface area contributed by atoms with E-state index in [1.807, 2.05) is 18.2 Å². The molecule has 0 spiro atoms. The number of rotatable bonds is 4. The lowest BCUT2D eigenvalue weighted by molar-refractivity contribution is -0.135. The molecule has 2 aliphatic rings. The van der Waals surface area contributed by atoms with Gasteiger partial charge in [0.25, 0.3) is 5.91 Å². The minimum Gasteiger partial charge on any atom is -0.449 e. The van der Waals surface area contributed by atoms with Gasteiger partial charge in [0.1, 0.15) is 11.3 Å². The maximum absolute atomic E-state index is 13.1. The van der Waals surface area contributed by atoms with Crippen molar-refractivity contribution in [1.29, 1.82) is 0 Å². The Bertz CT molecular complexity index is 932. The van der Waals surface area contributed by atoms with Gasteiger partial charge in [0.05, 0.1) is 19.8 Å². The molecular weight excluding hydrogens is 386 g/mol. The molecule has 8 nitrogen and oxygen atoms in total. The monoisotopic (exact) mass is 413 g/mol. The second-order valence-electron chi connectivity index (χ2n) is 7.73. The molecular formula is C22H27N3O5. The minimum absolute atomic E-state index is 0.00604. The number of furan rings is 1. The molecule has 2 fully saturated rings. The van der Waals surface area contributed by atoms with Crippen LogP contribution in [0.25, 0.3) is 11.0 Å². The SMILES string of the molecule is O=C(CN1CCCCCCC1=O)Nc1c(C(=O)N2CCOCC2)oc2ccccc12. The van der Waals surface area contributed by atoms with E-state index < -0.39 is 0 Å². The third kappa shape index (κ3) is 4.48. The number of nitrogens with one attached hydrogen (secondary N) is 1. The van der Waals surface area contributed by atoms with Gasteiger partial charge in [-0.15, -0.1) is 0 Å². The fourth-order valence-electron chi connectivity index (χ4n) is 3.97. The van der Waals surface area contributed by atoms with Crippen LogP contribution >= 0.6 is 0 Å². The fraction of sp³-hybridized carbons (Fsp3) is 0.500. The van der Waals surface area contributed by atoms with E-state index in [1.54, 1.807) is 15.9 Å². The molecule has 0 saturated carbocycles. The highest BCUT2D eigenvalue weighted by atomic mass is 16.5. The van der Waals surface area contributed by atoms with Gasteiger partial charge >= 0.3 is 0 Å². The van der Waals surface area contributed by atoms with E-state index in [4.69, 9.17) is 9.15 Å². The van der Waals surface area contributed by atoms with Crippen molar-refractivity contribution in [3.63, 3.8) is 0 Å². The molecule has 0 unspecified atom stereocenters. The molecule has 160 valence electrons. The summed E-state index contributed by atoms with van der Waals surface area (Å²) in [4.78, 5) is 41.5. The zero-order valence-electron chi connectivity index (χ0n) is 17.0. The first-order chi connectivity index (χ1) is 14.6. The summed E-state index contributed by atoms with van der Waals surface area (Å²) in [7, 11) is 0. The molecule has 0 bridgehead atoms. The van der Waals surface area contributed by atoms with Gasteiger partial charge in [-0.2, -0.15) is 0 Å². The molecule has 4 rings (SSSR count). The summed E-state index contributed by atoms with van der Waals surface area (Å²) in [6.07, 6.45) is 4.36. The Morgan fingerprint density at radius 1 is 1.00 bits per heavy atom. The predicted octanol–water partition coefficient (Wildman–Crippen LogP) is 2.64. The van der Waals surface area contributed by atoms with Crippen molar-refractivity contribution < 1.29 is 23.5 Å². The average Bonchev–Trinajstić information content (AvgIpc) is 3.12. The highest BCUT2D eigenvalue weighted by molar-refractivity contribution is 6.11. The smallest absolute Gasteiger partial charge is 0.291 e. The molecule has 3 heterocycles. The summed E-state index contributed by atoms with van der Waals surface area (Å²) in [5.41, 5.74) is 0.901. The maximum Gasteiger partial charge on any atom is 0.291 e. The summed E-state index contributed by atoms with van der Waals surface area (Å²) in [6, 6.07) is 7.23. The summed E-state index contributed by atoms with van der Waals surface area (Å²) < 4.78 is 11.2. The number of para-hydroxylation sites is 1. The maximum atomic E-state index is 13.1. The minimum atomic E-state index is -0.327. The number of carbonyl (C=O) groups excluding carboxylic acids is 3. The quantitative estimate of drug-likeness (QED) is 0.832. The normalized spacial score (nSPS) is 18.2. The van der Waals surface area contributed by atoms with Crippen molar-refractivity contribution in [3.8, 4) is 0 Å². The molecule has 2 saturated heterocycles. The van der Waals surface area contributed by atoms with Crippen LogP contribution < -0.4 is 5.32 Å². The number of hydrogen-bond acceptors (Lipinski definition) is 5. The van der Waals surface area contributed by atoms with Crippen LogP contribution in [0, 0.1) is 0 Å². The average molecular weight is 413 g/mol. The van der Waals surface area contributed by atoms with Gasteiger partial charge in [0.2, 0.25) is 17.6 Å². The molecule has 1 aromatic carbocycles. The van der Waals surface area contributed by atoms with Crippen LogP contribution in [0.1, 0.15) is 42.7 Å². The predicted molar refractivity (Wildman–Crippen MR) is 111 cm³/mol. The van der Waals surface area contributed by atoms with E-state index in [1.165, 1.54) is 0 Å². The molecule has 1 N–H and O–H groups in total. The second-order valence-corrected chi connectivity index (χ2v) is 7.73. The number of carbonyl (C=O) groups is 3. The van der Waals surface area contributed by atoms with Crippen LogP contribution in [0.2, 0.25) is 0 Å². The Kier molecular flexibility index (Phi) is 6.32. The number of nitrogens with zero attached hydrogens (tertiary/aromatic N) is 2. The van der Waals surface area contributed by atoms with Crippen LogP contribution in [0.3, 0.4) is 0 Å². The molecule has 3 amide bonds. The van der Waals surface area contributed by atoms with Gasteiger partial charge in [-0.05, 0) is 25.0 Å². The number of hydrogen-bond donors (Lipinski definition) is 1. The van der Waals surface area contributed by atoms with Crippen molar-refractivity contribution in [2.24, 2.45) is 0 Å². The molecule has 0 aliphatic carbocycles. The van der Waals surface area contributed by atoms with Crippen LogP contribution in [0.5, 0.6) is 0 Å². The van der Waals surface area contributed by atoms with E-state index in [0.717, 1.165) is 25.7 Å². The standard InChI is InChI=1S/C22H27N3O5/c26-18(15-25-10-6-2-1-3-9-19(25)27)23-20-16-7-4-5-8-17(16)30-21(20)22(28)24-11-13-29-14-12-24/h4-5,7-8H,1-3,6,9-15H2,(H,23,26). The first-order valence-corrected chi connectivity index (χ1v) is 10.6. The van der Waals surface area contributed by atoms with E-state index in [2.05, 4.69) is 5.32 Å². The summed E-state index contributed by atoms with van der Waals surface area (Å²) in [5.74, 6) is -0.476. The number of anilines is 1. The lowest BCUT2D eigenvalue weighted by Crippen LogP contribution is -2.41. The number of morpholine rings is 1. The van der Waals surface area contributed by atoms with E-state index in [0.29, 0.717) is 55.9 Å². The number of likely N-dealkylation sites (tertiary alicyclic amines) is 1. The Balaban J connectivity index is 1.55. The number of ether oxygens (including phenoxy) is 1. The zero-order chi connectivity index (χ0) is 20.9. The Morgan fingerprint density at radius 2 is 1.77 bits per heavy atom. The van der Waals surface area contributed by atoms with Gasteiger partial charge in [-0.1, -0.05) is 25.0 Å². The molecule has 1 aromatic heterocycles. The number of fused-ring (bicyclic) bond motifs is 1. The van der Waals surface area contributed by atoms with E-state index >= 15 is 0 Å². The third-order valence-electron chi connectivity index (χ3n) is 5.61. The largest absolute Gasteiger partial charge is 0.449 e. The summed E-state index contributed by atoms with van der Waals surface area (Å²) in [6.45, 7) is 2.47. The Labute approximate surface area is 175 Å². The topological polar surface area (TPSA) is 92.1 Å². The highest BCUT2D eigenvalue weighted by Crippen LogP contribution is 2.32. The summed E-state index contributed by atoms with van der Waals surface area (Å²) >= 11 is 0. The van der Waals surface area contributed by atoms with Crippen LogP contribution in [0.15, 0.2) is 28.7 Å². The zero-order valence-corrected chi connectivity index (χ0v) is 17.0. The van der Waals surface area contributed by atoms with E-state index in [9.17, 15) is 14.4 Å². The second kappa shape index (κ2) is 9.30. The first-order valence-electron chi connectivity index (χ1n) is 10.6. The third-order valence-corrected chi connectivity index (χ3v) is 5.61. The van der Waals surface area contributed by atoms with Crippen LogP contribution in [0.4, 0.5) is 5.69 Å². The number of benzene rings is 1. The van der Waals surface area contributed by atoms with Crippen molar-refractivity contribution >= 4 is 34.4 Å². The van der Waals surface area contributed by atoms with Crippen molar-refractivity contribution in [2.75, 3.05) is 44.7 Å². The Hall–Kier alpha value is -2.87. The molecule has 30 heavy (non-hydrogen) atoms. The lowest BCUT2D eigenvalue weighted by atomic mass is 10.1. The fourth-order valence-corrected chi connectivity index (χ4v) is 3.97. The molecule has 8 heteroatoms. The molecule has 0 atom stereocenters. The van der Waals surface area contributed by atoms with Gasteiger partial charge < -0.3 is 24.3 Å². The van der Waals surface area contributed by atoms with Gasteiger partial charge in [-0.3, -0.25) is 14.4 Å². The van der Waals surface area contributed by atoms with Gasteiger partial charge in [-0.25, -0.2) is 0 Å². The molecule has 2 aromatic rings. The highest BCUT2D eigenvalue weighted by Gasteiger charge is 2.28. The molecule has 2 aliphatic heterocycles. The van der Waals surface area contributed by atoms with Crippen molar-refractivity contribution in [2.45, 2.75) is 32.1 Å². The van der Waals surface area contributed by atoms with Gasteiger partial charge in [0, 0.05) is 31.4 Å². The number of amides is 3. The van der Waals surface area contributed by atoms with Crippen LogP contribution in [-0.4, -0.2) is 66.9 Å². The van der Waals surface area contributed by atoms with Crippen molar-refractivity contribution in [3.05, 3.63) is 30.0 Å². The van der Waals surface area contributed by atoms with Crippen molar-refractivity contribution in [1.82, 2.24) is 9.80 Å². The summed E-state index contributed by atoms with van der Waals surface area (Å²) in [5, 5.41) is 3.52. The van der Waals surface area contributed by atoms with E-state index in [-0.39, 0.29) is 30.0 Å². The van der Waals surface area contributed by atoms with Gasteiger partial charge in [0.15, 0.2) is 0 Å². The van der Waals surface area contributed by atoms with Crippen LogP contribution in [-0.2, 0) is 14.3 Å². The lowest BCUT2D eigenvalue weighted by Gasteiger charge is -2.26. The molecule has 0 radical (unpaired) electrons.